The maximum atomic E-state index is 8.98. The van der Waals surface area contributed by atoms with Gasteiger partial charge in [0, 0.05) is 13.1 Å². The first-order valence-corrected chi connectivity index (χ1v) is 5.78. The molecule has 14 heavy (non-hydrogen) atoms. The van der Waals surface area contributed by atoms with E-state index in [2.05, 4.69) is 23.7 Å². The minimum atomic E-state index is -0.0369. The van der Waals surface area contributed by atoms with E-state index in [1.54, 1.807) is 0 Å². The first-order chi connectivity index (χ1) is 6.60. The van der Waals surface area contributed by atoms with Crippen LogP contribution in [0, 0.1) is 0 Å². The molecule has 0 aliphatic rings. The van der Waals surface area contributed by atoms with Crippen LogP contribution in [0.3, 0.4) is 0 Å². The molecule has 0 radical (unpaired) electrons. The molecule has 3 nitrogen and oxygen atoms in total. The Labute approximate surface area is 93.3 Å². The molecule has 1 N–H and O–H groups in total. The molecular formula is C9H15ClN2OS. The molecular weight excluding hydrogens is 220 g/mol. The third-order valence-corrected chi connectivity index (χ3v) is 3.89. The Bertz CT molecular complexity index is 303. The van der Waals surface area contributed by atoms with E-state index in [0.29, 0.717) is 11.2 Å². The fourth-order valence-electron chi connectivity index (χ4n) is 1.03. The SMILES string of the molecule is CCC(C)N(C)c1nc(Cl)c(CO)s1. The molecule has 0 aliphatic heterocycles. The summed E-state index contributed by atoms with van der Waals surface area (Å²) in [6, 6.07) is 0.434. The number of hydrogen-bond donors (Lipinski definition) is 1. The number of aliphatic hydroxyl groups excluding tert-OH is 1. The van der Waals surface area contributed by atoms with E-state index >= 15 is 0 Å². The second-order valence-electron chi connectivity index (χ2n) is 3.24. The van der Waals surface area contributed by atoms with Crippen molar-refractivity contribution in [3.63, 3.8) is 0 Å². The molecule has 1 aromatic rings. The standard InChI is InChI=1S/C9H15ClN2OS/c1-4-6(2)12(3)9-11-8(10)7(5-13)14-9/h6,13H,4-5H2,1-3H3. The lowest BCUT2D eigenvalue weighted by Gasteiger charge is -2.22. The third-order valence-electron chi connectivity index (χ3n) is 2.34. The Balaban J connectivity index is 2.85. The number of thiazole rings is 1. The van der Waals surface area contributed by atoms with Gasteiger partial charge in [-0.2, -0.15) is 0 Å². The smallest absolute Gasteiger partial charge is 0.187 e. The molecule has 0 saturated carbocycles. The van der Waals surface area contributed by atoms with Crippen LogP contribution in [-0.4, -0.2) is 23.2 Å². The first kappa shape index (κ1) is 11.8. The summed E-state index contributed by atoms with van der Waals surface area (Å²) in [5.74, 6) is 0. The zero-order chi connectivity index (χ0) is 10.7. The molecule has 80 valence electrons. The number of anilines is 1. The van der Waals surface area contributed by atoms with Gasteiger partial charge in [0.25, 0.3) is 0 Å². The molecule has 0 saturated heterocycles. The van der Waals surface area contributed by atoms with Crippen LogP contribution >= 0.6 is 22.9 Å². The minimum absolute atomic E-state index is 0.0369. The van der Waals surface area contributed by atoms with Crippen LogP contribution in [0.2, 0.25) is 5.15 Å². The molecule has 1 rings (SSSR count). The number of aliphatic hydroxyl groups is 1. The van der Waals surface area contributed by atoms with Crippen molar-refractivity contribution < 1.29 is 5.11 Å². The monoisotopic (exact) mass is 234 g/mol. The van der Waals surface area contributed by atoms with Crippen LogP contribution in [0.1, 0.15) is 25.1 Å². The summed E-state index contributed by atoms with van der Waals surface area (Å²) in [7, 11) is 1.99. The molecule has 0 amide bonds. The Morgan fingerprint density at radius 1 is 1.64 bits per heavy atom. The van der Waals surface area contributed by atoms with Crippen LogP contribution in [0.25, 0.3) is 0 Å². The molecule has 0 bridgehead atoms. The van der Waals surface area contributed by atoms with Crippen molar-refractivity contribution in [3.05, 3.63) is 10.0 Å². The normalized spacial score (nSPS) is 12.9. The summed E-state index contributed by atoms with van der Waals surface area (Å²) in [6.45, 7) is 4.22. The molecule has 1 atom stereocenters. The number of aromatic nitrogens is 1. The highest BCUT2D eigenvalue weighted by Gasteiger charge is 2.14. The summed E-state index contributed by atoms with van der Waals surface area (Å²) in [5, 5.41) is 10.3. The Morgan fingerprint density at radius 2 is 2.29 bits per heavy atom. The highest BCUT2D eigenvalue weighted by molar-refractivity contribution is 7.16. The van der Waals surface area contributed by atoms with Crippen molar-refractivity contribution >= 4 is 28.1 Å². The second kappa shape index (κ2) is 4.96. The lowest BCUT2D eigenvalue weighted by Crippen LogP contribution is -2.27. The fraction of sp³-hybridized carbons (Fsp3) is 0.667. The van der Waals surface area contributed by atoms with Gasteiger partial charge in [-0.3, -0.25) is 0 Å². The second-order valence-corrected chi connectivity index (χ2v) is 4.66. The third kappa shape index (κ3) is 2.38. The van der Waals surface area contributed by atoms with Crippen molar-refractivity contribution in [1.82, 2.24) is 4.98 Å². The molecule has 0 aliphatic carbocycles. The Morgan fingerprint density at radius 3 is 2.71 bits per heavy atom. The molecule has 1 heterocycles. The van der Waals surface area contributed by atoms with E-state index in [1.165, 1.54) is 11.3 Å². The molecule has 0 fully saturated rings. The van der Waals surface area contributed by atoms with Crippen molar-refractivity contribution in [2.75, 3.05) is 11.9 Å². The minimum Gasteiger partial charge on any atom is -0.391 e. The van der Waals surface area contributed by atoms with Crippen molar-refractivity contribution in [1.29, 1.82) is 0 Å². The first-order valence-electron chi connectivity index (χ1n) is 4.59. The number of nitrogens with zero attached hydrogens (tertiary/aromatic N) is 2. The van der Waals surface area contributed by atoms with Gasteiger partial charge in [-0.25, -0.2) is 4.98 Å². The van der Waals surface area contributed by atoms with Gasteiger partial charge in [0.1, 0.15) is 5.15 Å². The maximum absolute atomic E-state index is 8.98. The van der Waals surface area contributed by atoms with E-state index in [9.17, 15) is 0 Å². The van der Waals surface area contributed by atoms with Crippen molar-refractivity contribution in [2.45, 2.75) is 32.9 Å². The quantitative estimate of drug-likeness (QED) is 0.870. The average Bonchev–Trinajstić information content (AvgIpc) is 2.57. The van der Waals surface area contributed by atoms with Crippen LogP contribution in [0.4, 0.5) is 5.13 Å². The van der Waals surface area contributed by atoms with E-state index < -0.39 is 0 Å². The molecule has 5 heteroatoms. The van der Waals surface area contributed by atoms with E-state index in [1.807, 2.05) is 7.05 Å². The van der Waals surface area contributed by atoms with Gasteiger partial charge in [0.2, 0.25) is 0 Å². The Hall–Kier alpha value is -0.320. The largest absolute Gasteiger partial charge is 0.391 e. The van der Waals surface area contributed by atoms with Gasteiger partial charge in [0.05, 0.1) is 11.5 Å². The molecule has 0 aromatic carbocycles. The Kier molecular flexibility index (Phi) is 4.16. The van der Waals surface area contributed by atoms with Gasteiger partial charge >= 0.3 is 0 Å². The van der Waals surface area contributed by atoms with Crippen LogP contribution in [0.5, 0.6) is 0 Å². The highest BCUT2D eigenvalue weighted by Crippen LogP contribution is 2.30. The molecule has 1 unspecified atom stereocenters. The zero-order valence-electron chi connectivity index (χ0n) is 8.62. The van der Waals surface area contributed by atoms with Gasteiger partial charge in [-0.1, -0.05) is 29.9 Å². The molecule has 0 spiro atoms. The maximum Gasteiger partial charge on any atom is 0.187 e. The topological polar surface area (TPSA) is 36.4 Å². The zero-order valence-corrected chi connectivity index (χ0v) is 10.2. The predicted octanol–water partition coefficient (Wildman–Crippen LogP) is 2.52. The summed E-state index contributed by atoms with van der Waals surface area (Å²) in [5.41, 5.74) is 0. The molecule has 1 aromatic heterocycles. The predicted molar refractivity (Wildman–Crippen MR) is 61.2 cm³/mol. The fourth-order valence-corrected chi connectivity index (χ4v) is 2.21. The van der Waals surface area contributed by atoms with Crippen LogP contribution < -0.4 is 4.90 Å². The lowest BCUT2D eigenvalue weighted by atomic mass is 10.2. The van der Waals surface area contributed by atoms with Crippen LogP contribution in [-0.2, 0) is 6.61 Å². The summed E-state index contributed by atoms with van der Waals surface area (Å²) >= 11 is 7.29. The lowest BCUT2D eigenvalue weighted by molar-refractivity contribution is 0.285. The van der Waals surface area contributed by atoms with Crippen LogP contribution in [0.15, 0.2) is 0 Å². The van der Waals surface area contributed by atoms with Crippen molar-refractivity contribution in [3.8, 4) is 0 Å². The number of hydrogen-bond acceptors (Lipinski definition) is 4. The van der Waals surface area contributed by atoms with E-state index in [4.69, 9.17) is 16.7 Å². The average molecular weight is 235 g/mol. The van der Waals surface area contributed by atoms with Gasteiger partial charge in [-0.15, -0.1) is 0 Å². The van der Waals surface area contributed by atoms with Crippen molar-refractivity contribution in [2.24, 2.45) is 0 Å². The number of halogens is 1. The number of rotatable bonds is 4. The van der Waals surface area contributed by atoms with Gasteiger partial charge in [0.15, 0.2) is 5.13 Å². The summed E-state index contributed by atoms with van der Waals surface area (Å²) in [6.07, 6.45) is 1.06. The van der Waals surface area contributed by atoms with Gasteiger partial charge in [-0.05, 0) is 13.3 Å². The summed E-state index contributed by atoms with van der Waals surface area (Å²) in [4.78, 5) is 7.01. The van der Waals surface area contributed by atoms with E-state index in [0.717, 1.165) is 16.4 Å². The highest BCUT2D eigenvalue weighted by atomic mass is 35.5. The summed E-state index contributed by atoms with van der Waals surface area (Å²) < 4.78 is 0. The van der Waals surface area contributed by atoms with E-state index in [-0.39, 0.29) is 6.61 Å². The van der Waals surface area contributed by atoms with Gasteiger partial charge < -0.3 is 10.0 Å².